The Morgan fingerprint density at radius 1 is 1.25 bits per heavy atom. The highest BCUT2D eigenvalue weighted by Crippen LogP contribution is 2.29. The van der Waals surface area contributed by atoms with Gasteiger partial charge in [-0.05, 0) is 54.9 Å². The fraction of sp³-hybridized carbons (Fsp3) is 0.250. The molecule has 4 heteroatoms. The first-order valence-electron chi connectivity index (χ1n) is 6.39. The van der Waals surface area contributed by atoms with Crippen molar-refractivity contribution in [3.63, 3.8) is 0 Å². The Morgan fingerprint density at radius 3 is 2.70 bits per heavy atom. The van der Waals surface area contributed by atoms with Gasteiger partial charge in [0.05, 0.1) is 7.11 Å². The van der Waals surface area contributed by atoms with Gasteiger partial charge in [-0.1, -0.05) is 28.1 Å². The van der Waals surface area contributed by atoms with E-state index in [9.17, 15) is 4.39 Å². The second-order valence-corrected chi connectivity index (χ2v) is 5.42. The Balaban J connectivity index is 2.28. The molecule has 0 aliphatic heterocycles. The molecule has 0 bridgehead atoms. The molecule has 0 amide bonds. The van der Waals surface area contributed by atoms with E-state index in [1.165, 1.54) is 6.07 Å². The molecule has 2 rings (SSSR count). The van der Waals surface area contributed by atoms with E-state index in [0.717, 1.165) is 21.3 Å². The molecule has 0 spiro atoms. The lowest BCUT2D eigenvalue weighted by Crippen LogP contribution is -2.19. The van der Waals surface area contributed by atoms with Gasteiger partial charge in [0, 0.05) is 10.5 Å². The molecule has 0 radical (unpaired) electrons. The molecule has 1 atom stereocenters. The van der Waals surface area contributed by atoms with Crippen LogP contribution in [0.3, 0.4) is 0 Å². The smallest absolute Gasteiger partial charge is 0.123 e. The van der Waals surface area contributed by atoms with Gasteiger partial charge in [-0.3, -0.25) is 0 Å². The van der Waals surface area contributed by atoms with Crippen molar-refractivity contribution in [2.45, 2.75) is 12.5 Å². The zero-order chi connectivity index (χ0) is 14.5. The topological polar surface area (TPSA) is 21.3 Å². The third-order valence-corrected chi connectivity index (χ3v) is 3.98. The predicted molar refractivity (Wildman–Crippen MR) is 82.6 cm³/mol. The fourth-order valence-electron chi connectivity index (χ4n) is 2.18. The molecule has 0 aromatic heterocycles. The van der Waals surface area contributed by atoms with Crippen molar-refractivity contribution in [2.75, 3.05) is 14.2 Å². The molecule has 0 saturated heterocycles. The van der Waals surface area contributed by atoms with Crippen molar-refractivity contribution in [3.05, 3.63) is 63.9 Å². The molecule has 2 aromatic carbocycles. The SMILES string of the molecule is CNC(Cc1cccc(F)c1)c1cc(OC)ccc1Br. The summed E-state index contributed by atoms with van der Waals surface area (Å²) in [6.45, 7) is 0. The van der Waals surface area contributed by atoms with E-state index in [4.69, 9.17) is 4.74 Å². The van der Waals surface area contributed by atoms with Gasteiger partial charge in [-0.2, -0.15) is 0 Å². The van der Waals surface area contributed by atoms with Crippen LogP contribution in [0.5, 0.6) is 5.75 Å². The van der Waals surface area contributed by atoms with Gasteiger partial charge in [0.25, 0.3) is 0 Å². The summed E-state index contributed by atoms with van der Waals surface area (Å²) in [4.78, 5) is 0. The number of nitrogens with one attached hydrogen (secondary N) is 1. The first-order chi connectivity index (χ1) is 9.63. The van der Waals surface area contributed by atoms with Crippen LogP contribution >= 0.6 is 15.9 Å². The van der Waals surface area contributed by atoms with E-state index in [2.05, 4.69) is 21.2 Å². The lowest BCUT2D eigenvalue weighted by molar-refractivity contribution is 0.413. The average Bonchev–Trinajstić information content (AvgIpc) is 2.46. The normalized spacial score (nSPS) is 12.2. The standard InChI is InChI=1S/C16H17BrFNO/c1-19-16(9-11-4-3-5-12(18)8-11)14-10-13(20-2)6-7-15(14)17/h3-8,10,16,19H,9H2,1-2H3. The van der Waals surface area contributed by atoms with Crippen LogP contribution in [0.1, 0.15) is 17.2 Å². The molecule has 0 aliphatic carbocycles. The lowest BCUT2D eigenvalue weighted by atomic mass is 9.99. The van der Waals surface area contributed by atoms with Crippen molar-refractivity contribution in [3.8, 4) is 5.75 Å². The molecule has 1 unspecified atom stereocenters. The van der Waals surface area contributed by atoms with Gasteiger partial charge < -0.3 is 10.1 Å². The lowest BCUT2D eigenvalue weighted by Gasteiger charge is -2.19. The molecule has 0 fully saturated rings. The molecule has 2 nitrogen and oxygen atoms in total. The third-order valence-electron chi connectivity index (χ3n) is 3.26. The second-order valence-electron chi connectivity index (χ2n) is 4.56. The maximum Gasteiger partial charge on any atom is 0.123 e. The van der Waals surface area contributed by atoms with Crippen molar-refractivity contribution >= 4 is 15.9 Å². The number of hydrogen-bond acceptors (Lipinski definition) is 2. The summed E-state index contributed by atoms with van der Waals surface area (Å²) in [6.07, 6.45) is 0.708. The van der Waals surface area contributed by atoms with Gasteiger partial charge in [0.15, 0.2) is 0 Å². The Hall–Kier alpha value is -1.39. The highest BCUT2D eigenvalue weighted by Gasteiger charge is 2.14. The van der Waals surface area contributed by atoms with Gasteiger partial charge >= 0.3 is 0 Å². The minimum absolute atomic E-state index is 0.0845. The molecule has 0 aliphatic rings. The monoisotopic (exact) mass is 337 g/mol. The predicted octanol–water partition coefficient (Wildman–Crippen LogP) is 4.10. The van der Waals surface area contributed by atoms with E-state index in [1.807, 2.05) is 31.3 Å². The van der Waals surface area contributed by atoms with Crippen LogP contribution in [0.15, 0.2) is 46.9 Å². The minimum atomic E-state index is -0.206. The highest BCUT2D eigenvalue weighted by molar-refractivity contribution is 9.10. The summed E-state index contributed by atoms with van der Waals surface area (Å²) in [5.41, 5.74) is 2.05. The van der Waals surface area contributed by atoms with Gasteiger partial charge in [-0.15, -0.1) is 0 Å². The summed E-state index contributed by atoms with van der Waals surface area (Å²) in [5.74, 6) is 0.602. The molecule has 20 heavy (non-hydrogen) atoms. The van der Waals surface area contributed by atoms with Crippen LogP contribution in [0.2, 0.25) is 0 Å². The molecule has 1 N–H and O–H groups in total. The largest absolute Gasteiger partial charge is 0.497 e. The highest BCUT2D eigenvalue weighted by atomic mass is 79.9. The van der Waals surface area contributed by atoms with E-state index in [0.29, 0.717) is 6.42 Å². The van der Waals surface area contributed by atoms with E-state index >= 15 is 0 Å². The van der Waals surface area contributed by atoms with E-state index in [1.54, 1.807) is 19.2 Å². The Labute approximate surface area is 127 Å². The van der Waals surface area contributed by atoms with Gasteiger partial charge in [0.1, 0.15) is 11.6 Å². The minimum Gasteiger partial charge on any atom is -0.497 e. The van der Waals surface area contributed by atoms with E-state index < -0.39 is 0 Å². The van der Waals surface area contributed by atoms with Crippen molar-refractivity contribution in [1.29, 1.82) is 0 Å². The summed E-state index contributed by atoms with van der Waals surface area (Å²) in [6, 6.07) is 12.6. The summed E-state index contributed by atoms with van der Waals surface area (Å²) >= 11 is 3.56. The van der Waals surface area contributed by atoms with Crippen LogP contribution < -0.4 is 10.1 Å². The number of hydrogen-bond donors (Lipinski definition) is 1. The number of halogens is 2. The zero-order valence-electron chi connectivity index (χ0n) is 11.5. The van der Waals surface area contributed by atoms with Crippen LogP contribution in [0, 0.1) is 5.82 Å². The molecular formula is C16H17BrFNO. The number of methoxy groups -OCH3 is 1. The van der Waals surface area contributed by atoms with Crippen LogP contribution in [-0.2, 0) is 6.42 Å². The van der Waals surface area contributed by atoms with Crippen LogP contribution in [-0.4, -0.2) is 14.2 Å². The van der Waals surface area contributed by atoms with Crippen molar-refractivity contribution < 1.29 is 9.13 Å². The third kappa shape index (κ3) is 3.58. The summed E-state index contributed by atoms with van der Waals surface area (Å²) in [5, 5.41) is 3.27. The number of ether oxygens (including phenoxy) is 1. The molecule has 0 saturated carbocycles. The molecule has 0 heterocycles. The number of benzene rings is 2. The number of rotatable bonds is 5. The van der Waals surface area contributed by atoms with Gasteiger partial charge in [-0.25, -0.2) is 4.39 Å². The maximum absolute atomic E-state index is 13.3. The summed E-state index contributed by atoms with van der Waals surface area (Å²) in [7, 11) is 3.55. The van der Waals surface area contributed by atoms with Gasteiger partial charge in [0.2, 0.25) is 0 Å². The van der Waals surface area contributed by atoms with Crippen LogP contribution in [0.25, 0.3) is 0 Å². The van der Waals surface area contributed by atoms with Crippen molar-refractivity contribution in [2.24, 2.45) is 0 Å². The van der Waals surface area contributed by atoms with Crippen molar-refractivity contribution in [1.82, 2.24) is 5.32 Å². The quantitative estimate of drug-likeness (QED) is 0.886. The average molecular weight is 338 g/mol. The fourth-order valence-corrected chi connectivity index (χ4v) is 2.71. The number of likely N-dealkylation sites (N-methyl/N-ethyl adjacent to an activating group) is 1. The first-order valence-corrected chi connectivity index (χ1v) is 7.18. The zero-order valence-corrected chi connectivity index (χ0v) is 13.1. The maximum atomic E-state index is 13.3. The Kier molecular flexibility index (Phi) is 5.15. The Morgan fingerprint density at radius 2 is 2.05 bits per heavy atom. The Bertz CT molecular complexity index is 588. The first kappa shape index (κ1) is 15.0. The second kappa shape index (κ2) is 6.86. The summed E-state index contributed by atoms with van der Waals surface area (Å²) < 4.78 is 19.5. The molecular weight excluding hydrogens is 321 g/mol. The molecule has 2 aromatic rings. The van der Waals surface area contributed by atoms with Crippen LogP contribution in [0.4, 0.5) is 4.39 Å². The van der Waals surface area contributed by atoms with E-state index in [-0.39, 0.29) is 11.9 Å². The molecule has 106 valence electrons.